The van der Waals surface area contributed by atoms with Gasteiger partial charge in [0.1, 0.15) is 12.2 Å². The highest BCUT2D eigenvalue weighted by atomic mass is 16.1. The molecule has 2 rings (SSSR count). The van der Waals surface area contributed by atoms with Crippen molar-refractivity contribution in [1.82, 2.24) is 24.6 Å². The molecule has 1 aliphatic heterocycles. The van der Waals surface area contributed by atoms with Crippen LogP contribution in [0.1, 0.15) is 32.1 Å². The van der Waals surface area contributed by atoms with Gasteiger partial charge in [-0.15, -0.1) is 0 Å². The molecule has 0 aliphatic carbocycles. The molecule has 1 atom stereocenters. The Balaban J connectivity index is 2.08. The first kappa shape index (κ1) is 15.1. The molecular formula is C14H25N5O. The third-order valence-electron chi connectivity index (χ3n) is 3.91. The van der Waals surface area contributed by atoms with Gasteiger partial charge in [-0.05, 0) is 47.5 Å². The number of carbonyl (C=O) groups excluding carboxylic acids is 1. The van der Waals surface area contributed by atoms with E-state index in [1.54, 1.807) is 0 Å². The average molecular weight is 279 g/mol. The van der Waals surface area contributed by atoms with Gasteiger partial charge >= 0.3 is 0 Å². The SMILES string of the molecule is CC(C)n1ncnc1CC(=O)C1CN(C)CCCN1C. The van der Waals surface area contributed by atoms with Gasteiger partial charge in [-0.1, -0.05) is 0 Å². The molecule has 1 unspecified atom stereocenters. The molecule has 6 nitrogen and oxygen atoms in total. The van der Waals surface area contributed by atoms with Crippen LogP contribution in [0.2, 0.25) is 0 Å². The predicted molar refractivity (Wildman–Crippen MR) is 77.7 cm³/mol. The lowest BCUT2D eigenvalue weighted by atomic mass is 10.1. The Bertz CT molecular complexity index is 456. The standard InChI is InChI=1S/C14H25N5O/c1-11(2)19-14(15-10-16-19)8-13(20)12-9-17(3)6-5-7-18(12)4/h10-12H,5-9H2,1-4H3. The lowest BCUT2D eigenvalue weighted by molar-refractivity contribution is -0.123. The molecule has 0 amide bonds. The molecule has 0 radical (unpaired) electrons. The summed E-state index contributed by atoms with van der Waals surface area (Å²) in [4.78, 5) is 21.2. The van der Waals surface area contributed by atoms with Gasteiger partial charge < -0.3 is 4.90 Å². The van der Waals surface area contributed by atoms with Gasteiger partial charge in [-0.2, -0.15) is 5.10 Å². The van der Waals surface area contributed by atoms with Crippen LogP contribution in [0.3, 0.4) is 0 Å². The van der Waals surface area contributed by atoms with E-state index in [9.17, 15) is 4.79 Å². The van der Waals surface area contributed by atoms with E-state index in [-0.39, 0.29) is 17.9 Å². The summed E-state index contributed by atoms with van der Waals surface area (Å²) >= 11 is 0. The van der Waals surface area contributed by atoms with Crippen molar-refractivity contribution in [3.05, 3.63) is 12.2 Å². The molecule has 1 aromatic rings. The van der Waals surface area contributed by atoms with Crippen molar-refractivity contribution in [3.63, 3.8) is 0 Å². The van der Waals surface area contributed by atoms with Crippen LogP contribution in [-0.4, -0.2) is 70.1 Å². The second kappa shape index (κ2) is 6.45. The number of Topliss-reactive ketones (excluding diaryl/α,β-unsaturated/α-hetero) is 1. The van der Waals surface area contributed by atoms with Gasteiger partial charge in [0.15, 0.2) is 5.78 Å². The predicted octanol–water partition coefficient (Wildman–Crippen LogP) is 0.607. The van der Waals surface area contributed by atoms with Crippen LogP contribution in [0, 0.1) is 0 Å². The van der Waals surface area contributed by atoms with Crippen LogP contribution in [0.4, 0.5) is 0 Å². The molecule has 1 saturated heterocycles. The van der Waals surface area contributed by atoms with E-state index < -0.39 is 0 Å². The Labute approximate surface area is 120 Å². The van der Waals surface area contributed by atoms with Crippen LogP contribution in [-0.2, 0) is 11.2 Å². The molecule has 0 aromatic carbocycles. The zero-order chi connectivity index (χ0) is 14.7. The molecule has 0 N–H and O–H groups in total. The molecule has 6 heteroatoms. The molecule has 20 heavy (non-hydrogen) atoms. The highest BCUT2D eigenvalue weighted by Crippen LogP contribution is 2.12. The number of likely N-dealkylation sites (N-methyl/N-ethyl adjacent to an activating group) is 2. The quantitative estimate of drug-likeness (QED) is 0.808. The van der Waals surface area contributed by atoms with E-state index in [1.165, 1.54) is 6.33 Å². The first-order valence-corrected chi connectivity index (χ1v) is 7.29. The van der Waals surface area contributed by atoms with Crippen molar-refractivity contribution in [2.75, 3.05) is 33.7 Å². The summed E-state index contributed by atoms with van der Waals surface area (Å²) in [6.45, 7) is 6.92. The summed E-state index contributed by atoms with van der Waals surface area (Å²) in [5.74, 6) is 1.00. The first-order chi connectivity index (χ1) is 9.49. The number of carbonyl (C=O) groups is 1. The fourth-order valence-corrected chi connectivity index (χ4v) is 2.72. The number of rotatable bonds is 4. The third-order valence-corrected chi connectivity index (χ3v) is 3.91. The van der Waals surface area contributed by atoms with Crippen molar-refractivity contribution in [2.24, 2.45) is 0 Å². The fourth-order valence-electron chi connectivity index (χ4n) is 2.72. The van der Waals surface area contributed by atoms with Crippen molar-refractivity contribution < 1.29 is 4.79 Å². The van der Waals surface area contributed by atoms with Crippen LogP contribution in [0.15, 0.2) is 6.33 Å². The lowest BCUT2D eigenvalue weighted by Crippen LogP contribution is -2.44. The first-order valence-electron chi connectivity index (χ1n) is 7.29. The molecule has 1 aliphatic rings. The van der Waals surface area contributed by atoms with E-state index in [2.05, 4.69) is 26.9 Å². The lowest BCUT2D eigenvalue weighted by Gasteiger charge is -2.26. The summed E-state index contributed by atoms with van der Waals surface area (Å²) in [5.41, 5.74) is 0. The van der Waals surface area contributed by atoms with Crippen LogP contribution >= 0.6 is 0 Å². The molecule has 2 heterocycles. The molecule has 0 saturated carbocycles. The number of hydrogen-bond acceptors (Lipinski definition) is 5. The second-order valence-electron chi connectivity index (χ2n) is 5.97. The minimum Gasteiger partial charge on any atom is -0.304 e. The summed E-state index contributed by atoms with van der Waals surface area (Å²) in [6.07, 6.45) is 3.01. The maximum atomic E-state index is 12.6. The summed E-state index contributed by atoms with van der Waals surface area (Å²) in [5, 5.41) is 4.20. The summed E-state index contributed by atoms with van der Waals surface area (Å²) in [7, 11) is 4.12. The van der Waals surface area contributed by atoms with E-state index in [1.807, 2.05) is 25.6 Å². The smallest absolute Gasteiger partial charge is 0.158 e. The van der Waals surface area contributed by atoms with Crippen molar-refractivity contribution >= 4 is 5.78 Å². The number of ketones is 1. The number of nitrogens with zero attached hydrogens (tertiary/aromatic N) is 5. The normalized spacial score (nSPS) is 22.1. The van der Waals surface area contributed by atoms with Crippen molar-refractivity contribution in [1.29, 1.82) is 0 Å². The van der Waals surface area contributed by atoms with Crippen LogP contribution in [0.5, 0.6) is 0 Å². The average Bonchev–Trinajstić information content (AvgIpc) is 2.76. The molecule has 0 spiro atoms. The largest absolute Gasteiger partial charge is 0.304 e. The minimum absolute atomic E-state index is 0.0418. The van der Waals surface area contributed by atoms with E-state index >= 15 is 0 Å². The third kappa shape index (κ3) is 3.43. The molecule has 1 fully saturated rings. The van der Waals surface area contributed by atoms with Gasteiger partial charge in [0.2, 0.25) is 0 Å². The maximum Gasteiger partial charge on any atom is 0.158 e. The summed E-state index contributed by atoms with van der Waals surface area (Å²) in [6, 6.07) is 0.189. The van der Waals surface area contributed by atoms with Gasteiger partial charge in [-0.3, -0.25) is 9.69 Å². The van der Waals surface area contributed by atoms with E-state index in [4.69, 9.17) is 0 Å². The minimum atomic E-state index is -0.0418. The van der Waals surface area contributed by atoms with Gasteiger partial charge in [0, 0.05) is 12.6 Å². The van der Waals surface area contributed by atoms with Gasteiger partial charge in [-0.25, -0.2) is 9.67 Å². The molecule has 1 aromatic heterocycles. The van der Waals surface area contributed by atoms with E-state index in [0.717, 1.165) is 31.9 Å². The Morgan fingerprint density at radius 3 is 2.85 bits per heavy atom. The Hall–Kier alpha value is -1.27. The van der Waals surface area contributed by atoms with Crippen molar-refractivity contribution in [3.8, 4) is 0 Å². The summed E-state index contributed by atoms with van der Waals surface area (Å²) < 4.78 is 1.83. The number of aromatic nitrogens is 3. The second-order valence-corrected chi connectivity index (χ2v) is 5.97. The van der Waals surface area contributed by atoms with E-state index in [0.29, 0.717) is 6.42 Å². The zero-order valence-electron chi connectivity index (χ0n) is 12.9. The van der Waals surface area contributed by atoms with Crippen LogP contribution < -0.4 is 0 Å². The Morgan fingerprint density at radius 2 is 2.15 bits per heavy atom. The number of hydrogen-bond donors (Lipinski definition) is 0. The highest BCUT2D eigenvalue weighted by Gasteiger charge is 2.28. The van der Waals surface area contributed by atoms with Crippen LogP contribution in [0.25, 0.3) is 0 Å². The maximum absolute atomic E-state index is 12.6. The molecular weight excluding hydrogens is 254 g/mol. The Kier molecular flexibility index (Phi) is 4.88. The van der Waals surface area contributed by atoms with Crippen molar-refractivity contribution in [2.45, 2.75) is 38.8 Å². The topological polar surface area (TPSA) is 54.3 Å². The Morgan fingerprint density at radius 1 is 1.40 bits per heavy atom. The molecule has 0 bridgehead atoms. The van der Waals surface area contributed by atoms with Gasteiger partial charge in [0.05, 0.1) is 12.5 Å². The molecule has 112 valence electrons. The fraction of sp³-hybridized carbons (Fsp3) is 0.786. The monoisotopic (exact) mass is 279 g/mol. The van der Waals surface area contributed by atoms with Gasteiger partial charge in [0.25, 0.3) is 0 Å². The zero-order valence-corrected chi connectivity index (χ0v) is 12.9. The highest BCUT2D eigenvalue weighted by molar-refractivity contribution is 5.85.